The zero-order valence-electron chi connectivity index (χ0n) is 16.8. The number of hydrogen-bond acceptors (Lipinski definition) is 6. The van der Waals surface area contributed by atoms with Gasteiger partial charge in [0.1, 0.15) is 18.9 Å². The molecule has 8 heteroatoms. The molecule has 1 aliphatic heterocycles. The predicted molar refractivity (Wildman–Crippen MR) is 108 cm³/mol. The molecule has 0 atom stereocenters. The first kappa shape index (κ1) is 21.1. The molecule has 7 nitrogen and oxygen atoms in total. The minimum Gasteiger partial charge on any atom is -0.545 e. The number of carbonyl (C=O) groups is 1. The Balaban J connectivity index is 0.00000231. The Morgan fingerprint density at radius 2 is 1.61 bits per heavy atom. The summed E-state index contributed by atoms with van der Waals surface area (Å²) in [5, 5.41) is 19.4. The summed E-state index contributed by atoms with van der Waals surface area (Å²) in [5.74, 6) is 0.293. The SMILES string of the molecule is O=C([O-])c1cccc(-c2cn(-c3ccc(-c4ccc5c(c4)OCCO5)cc3)nn2)c1.[Na+]. The van der Waals surface area contributed by atoms with Gasteiger partial charge in [0.25, 0.3) is 0 Å². The van der Waals surface area contributed by atoms with E-state index in [4.69, 9.17) is 9.47 Å². The first-order valence-electron chi connectivity index (χ1n) is 9.42. The number of carboxylic acid groups (broad SMARTS) is 1. The van der Waals surface area contributed by atoms with Crippen molar-refractivity contribution in [1.29, 1.82) is 0 Å². The van der Waals surface area contributed by atoms with Gasteiger partial charge < -0.3 is 19.4 Å². The normalized spacial score (nSPS) is 12.1. The Morgan fingerprint density at radius 1 is 0.871 bits per heavy atom. The van der Waals surface area contributed by atoms with E-state index >= 15 is 0 Å². The second kappa shape index (κ2) is 8.93. The monoisotopic (exact) mass is 421 g/mol. The molecule has 0 aliphatic carbocycles. The molecule has 31 heavy (non-hydrogen) atoms. The summed E-state index contributed by atoms with van der Waals surface area (Å²) in [6, 6.07) is 20.2. The Morgan fingerprint density at radius 3 is 2.39 bits per heavy atom. The second-order valence-electron chi connectivity index (χ2n) is 6.82. The summed E-state index contributed by atoms with van der Waals surface area (Å²) in [5.41, 5.74) is 4.25. The second-order valence-corrected chi connectivity index (χ2v) is 6.82. The number of ether oxygens (including phenoxy) is 2. The van der Waals surface area contributed by atoms with Crippen LogP contribution >= 0.6 is 0 Å². The van der Waals surface area contributed by atoms with E-state index in [9.17, 15) is 9.90 Å². The Kier molecular flexibility index (Phi) is 6.08. The summed E-state index contributed by atoms with van der Waals surface area (Å²) in [7, 11) is 0. The number of nitrogens with zero attached hydrogens (tertiary/aromatic N) is 3. The summed E-state index contributed by atoms with van der Waals surface area (Å²) in [4.78, 5) is 11.1. The zero-order valence-corrected chi connectivity index (χ0v) is 18.8. The van der Waals surface area contributed by atoms with Gasteiger partial charge in [-0.15, -0.1) is 5.10 Å². The number of hydrogen-bond donors (Lipinski definition) is 0. The Bertz CT molecular complexity index is 1240. The maximum atomic E-state index is 11.1. The fourth-order valence-corrected chi connectivity index (χ4v) is 3.36. The van der Waals surface area contributed by atoms with Gasteiger partial charge in [0.05, 0.1) is 17.9 Å². The molecule has 0 N–H and O–H groups in total. The van der Waals surface area contributed by atoms with Gasteiger partial charge in [-0.3, -0.25) is 0 Å². The molecule has 0 bridgehead atoms. The van der Waals surface area contributed by atoms with Gasteiger partial charge in [-0.05, 0) is 47.0 Å². The van der Waals surface area contributed by atoms with E-state index in [2.05, 4.69) is 10.3 Å². The van der Waals surface area contributed by atoms with Crippen LogP contribution in [0.3, 0.4) is 0 Å². The van der Waals surface area contributed by atoms with Crippen molar-refractivity contribution in [2.45, 2.75) is 0 Å². The maximum absolute atomic E-state index is 11.1. The van der Waals surface area contributed by atoms with E-state index in [0.717, 1.165) is 28.3 Å². The molecular formula is C23H16N3NaO4. The van der Waals surface area contributed by atoms with Crippen LogP contribution in [-0.4, -0.2) is 34.2 Å². The van der Waals surface area contributed by atoms with Crippen molar-refractivity contribution in [3.8, 4) is 39.6 Å². The van der Waals surface area contributed by atoms with Crippen molar-refractivity contribution in [2.75, 3.05) is 13.2 Å². The minimum atomic E-state index is -1.22. The summed E-state index contributed by atoms with van der Waals surface area (Å²) < 4.78 is 12.9. The van der Waals surface area contributed by atoms with E-state index in [1.807, 2.05) is 42.5 Å². The van der Waals surface area contributed by atoms with Crippen LogP contribution in [0.25, 0.3) is 28.1 Å². The smallest absolute Gasteiger partial charge is 0.545 e. The molecule has 0 fully saturated rings. The van der Waals surface area contributed by atoms with Crippen molar-refractivity contribution >= 4 is 5.97 Å². The van der Waals surface area contributed by atoms with E-state index in [0.29, 0.717) is 24.5 Å². The molecule has 1 aromatic heterocycles. The molecular weight excluding hydrogens is 405 g/mol. The predicted octanol–water partition coefficient (Wildman–Crippen LogP) is -0.260. The molecule has 2 heterocycles. The summed E-state index contributed by atoms with van der Waals surface area (Å²) in [6.07, 6.45) is 1.76. The quantitative estimate of drug-likeness (QED) is 0.422. The standard InChI is InChI=1S/C23H17N3O4.Na/c27-23(28)18-3-1-2-17(12-18)20-14-26(25-24-20)19-7-4-15(5-8-19)16-6-9-21-22(13-16)30-11-10-29-21;/h1-9,12-14H,10-11H2,(H,27,28);/q;+1/p-1. The molecule has 0 spiro atoms. The van der Waals surface area contributed by atoms with Crippen molar-refractivity contribution in [3.63, 3.8) is 0 Å². The number of benzene rings is 3. The fourth-order valence-electron chi connectivity index (χ4n) is 3.36. The van der Waals surface area contributed by atoms with E-state index in [-0.39, 0.29) is 35.1 Å². The average molecular weight is 421 g/mol. The first-order chi connectivity index (χ1) is 14.7. The minimum absolute atomic E-state index is 0. The number of aromatic nitrogens is 3. The number of carboxylic acids is 1. The van der Waals surface area contributed by atoms with E-state index < -0.39 is 5.97 Å². The van der Waals surface area contributed by atoms with Gasteiger partial charge in [0.15, 0.2) is 11.5 Å². The van der Waals surface area contributed by atoms with Crippen LogP contribution in [0, 0.1) is 0 Å². The topological polar surface area (TPSA) is 89.3 Å². The maximum Gasteiger partial charge on any atom is 1.00 e. The molecule has 3 aromatic carbocycles. The molecule has 0 radical (unpaired) electrons. The van der Waals surface area contributed by atoms with Gasteiger partial charge in [-0.25, -0.2) is 4.68 Å². The van der Waals surface area contributed by atoms with Crippen LogP contribution in [0.1, 0.15) is 10.4 Å². The van der Waals surface area contributed by atoms with Crippen LogP contribution < -0.4 is 44.1 Å². The number of fused-ring (bicyclic) bond motifs is 1. The number of rotatable bonds is 4. The van der Waals surface area contributed by atoms with Gasteiger partial charge >= 0.3 is 29.6 Å². The fraction of sp³-hybridized carbons (Fsp3) is 0.0870. The number of carbonyl (C=O) groups excluding carboxylic acids is 1. The Labute approximate surface area is 200 Å². The third kappa shape index (κ3) is 4.34. The summed E-state index contributed by atoms with van der Waals surface area (Å²) in [6.45, 7) is 1.12. The van der Waals surface area contributed by atoms with Gasteiger partial charge in [0, 0.05) is 5.56 Å². The molecule has 0 unspecified atom stereocenters. The zero-order chi connectivity index (χ0) is 20.5. The van der Waals surface area contributed by atoms with E-state index in [1.165, 1.54) is 12.1 Å². The molecule has 1 aliphatic rings. The third-order valence-electron chi connectivity index (χ3n) is 4.89. The molecule has 5 rings (SSSR count). The number of aromatic carboxylic acids is 1. The van der Waals surface area contributed by atoms with Crippen LogP contribution in [0.15, 0.2) is 72.9 Å². The van der Waals surface area contributed by atoms with Crippen LogP contribution in [0.5, 0.6) is 11.5 Å². The van der Waals surface area contributed by atoms with Crippen molar-refractivity contribution < 1.29 is 48.9 Å². The molecule has 4 aromatic rings. The van der Waals surface area contributed by atoms with Crippen LogP contribution in [0.2, 0.25) is 0 Å². The molecule has 0 saturated carbocycles. The van der Waals surface area contributed by atoms with E-state index in [1.54, 1.807) is 23.0 Å². The van der Waals surface area contributed by atoms with Gasteiger partial charge in [0.2, 0.25) is 0 Å². The van der Waals surface area contributed by atoms with Crippen molar-refractivity contribution in [3.05, 3.63) is 78.5 Å². The third-order valence-corrected chi connectivity index (χ3v) is 4.89. The molecule has 148 valence electrons. The largest absolute Gasteiger partial charge is 1.00 e. The van der Waals surface area contributed by atoms with Gasteiger partial charge in [-0.1, -0.05) is 41.6 Å². The molecule has 0 saturated heterocycles. The average Bonchev–Trinajstić information content (AvgIpc) is 3.29. The van der Waals surface area contributed by atoms with Crippen molar-refractivity contribution in [2.24, 2.45) is 0 Å². The van der Waals surface area contributed by atoms with Gasteiger partial charge in [-0.2, -0.15) is 0 Å². The first-order valence-corrected chi connectivity index (χ1v) is 9.42. The Hall–Kier alpha value is -3.13. The summed E-state index contributed by atoms with van der Waals surface area (Å²) >= 11 is 0. The van der Waals surface area contributed by atoms with Crippen LogP contribution in [-0.2, 0) is 0 Å². The van der Waals surface area contributed by atoms with Crippen molar-refractivity contribution in [1.82, 2.24) is 15.0 Å². The molecule has 0 amide bonds. The van der Waals surface area contributed by atoms with Crippen LogP contribution in [0.4, 0.5) is 0 Å².